The molecule has 2 aromatic heterocycles. The van der Waals surface area contributed by atoms with Crippen LogP contribution in [0.2, 0.25) is 5.02 Å². The van der Waals surface area contributed by atoms with Crippen molar-refractivity contribution >= 4 is 62.5 Å². The number of benzene rings is 1. The molecule has 3 rings (SSSR count). The van der Waals surface area contributed by atoms with Crippen molar-refractivity contribution in [2.45, 2.75) is 5.16 Å². The van der Waals surface area contributed by atoms with Crippen LogP contribution in [0.25, 0.3) is 11.0 Å². The summed E-state index contributed by atoms with van der Waals surface area (Å²) in [5, 5.41) is 6.08. The van der Waals surface area contributed by atoms with Gasteiger partial charge in [-0.25, -0.2) is 4.98 Å². The Balaban J connectivity index is 1.63. The molecule has 0 radical (unpaired) electrons. The number of aromatic amines is 1. The van der Waals surface area contributed by atoms with Gasteiger partial charge in [0.25, 0.3) is 5.91 Å². The molecular weight excluding hydrogens is 356 g/mol. The zero-order chi connectivity index (χ0) is 16.4. The van der Waals surface area contributed by atoms with Crippen LogP contribution in [-0.4, -0.2) is 27.5 Å². The number of hydrogen-bond donors (Lipinski definition) is 3. The number of nitrogens with two attached hydrogens (primary N) is 1. The number of amides is 2. The smallest absolute Gasteiger partial charge is 0.251 e. The maximum absolute atomic E-state index is 12.0. The van der Waals surface area contributed by atoms with Crippen molar-refractivity contribution < 1.29 is 9.59 Å². The van der Waals surface area contributed by atoms with Gasteiger partial charge >= 0.3 is 0 Å². The predicted molar refractivity (Wildman–Crippen MR) is 93.3 cm³/mol. The number of fused-ring (bicyclic) bond motifs is 1. The molecule has 4 N–H and O–H groups in total. The lowest BCUT2D eigenvalue weighted by molar-refractivity contribution is -0.113. The van der Waals surface area contributed by atoms with Gasteiger partial charge in [-0.2, -0.15) is 0 Å². The molecule has 2 heterocycles. The average Bonchev–Trinajstić information content (AvgIpc) is 3.10. The number of imidazole rings is 1. The highest BCUT2D eigenvalue weighted by Gasteiger charge is 2.13. The van der Waals surface area contributed by atoms with Gasteiger partial charge in [-0.1, -0.05) is 23.4 Å². The number of hydrogen-bond acceptors (Lipinski definition) is 5. The molecular formula is C14H11ClN4O2S2. The lowest BCUT2D eigenvalue weighted by Crippen LogP contribution is -2.17. The zero-order valence-corrected chi connectivity index (χ0v) is 14.0. The Morgan fingerprint density at radius 2 is 2.22 bits per heavy atom. The largest absolute Gasteiger partial charge is 0.366 e. The molecule has 2 amide bonds. The van der Waals surface area contributed by atoms with Crippen molar-refractivity contribution in [2.24, 2.45) is 5.73 Å². The van der Waals surface area contributed by atoms with Gasteiger partial charge in [-0.15, -0.1) is 11.3 Å². The Bertz CT molecular complexity index is 890. The average molecular weight is 367 g/mol. The van der Waals surface area contributed by atoms with Crippen molar-refractivity contribution in [3.05, 3.63) is 40.2 Å². The van der Waals surface area contributed by atoms with E-state index in [1.807, 2.05) is 6.07 Å². The van der Waals surface area contributed by atoms with E-state index in [9.17, 15) is 9.59 Å². The Labute approximate surface area is 144 Å². The van der Waals surface area contributed by atoms with E-state index in [4.69, 9.17) is 17.3 Å². The number of nitrogens with one attached hydrogen (secondary N) is 2. The maximum Gasteiger partial charge on any atom is 0.251 e. The third-order valence-electron chi connectivity index (χ3n) is 2.95. The highest BCUT2D eigenvalue weighted by Crippen LogP contribution is 2.25. The van der Waals surface area contributed by atoms with Crippen LogP contribution in [-0.2, 0) is 4.79 Å². The molecule has 0 aliphatic heterocycles. The van der Waals surface area contributed by atoms with E-state index in [0.29, 0.717) is 20.7 Å². The third-order valence-corrected chi connectivity index (χ3v) is 4.88. The van der Waals surface area contributed by atoms with Crippen LogP contribution >= 0.6 is 34.7 Å². The minimum Gasteiger partial charge on any atom is -0.366 e. The number of anilines is 1. The van der Waals surface area contributed by atoms with Crippen LogP contribution < -0.4 is 11.1 Å². The molecule has 0 spiro atoms. The molecule has 9 heteroatoms. The summed E-state index contributed by atoms with van der Waals surface area (Å²) < 4.78 is 0. The van der Waals surface area contributed by atoms with Crippen LogP contribution in [0.1, 0.15) is 10.4 Å². The van der Waals surface area contributed by atoms with E-state index >= 15 is 0 Å². The van der Waals surface area contributed by atoms with E-state index < -0.39 is 5.91 Å². The highest BCUT2D eigenvalue weighted by molar-refractivity contribution is 7.99. The second kappa shape index (κ2) is 6.61. The Kier molecular flexibility index (Phi) is 4.56. The predicted octanol–water partition coefficient (Wildman–Crippen LogP) is 3.11. The summed E-state index contributed by atoms with van der Waals surface area (Å²) in [6, 6.07) is 6.93. The van der Waals surface area contributed by atoms with Crippen molar-refractivity contribution in [1.82, 2.24) is 9.97 Å². The standard InChI is InChI=1S/C14H11ClN4O2S2/c15-7-1-2-9-10(5-7)18-14(17-9)23-6-11(20)19-13-8(12(16)21)3-4-22-13/h1-5H,6H2,(H2,16,21)(H,17,18)(H,19,20). The SMILES string of the molecule is NC(=O)c1ccsc1NC(=O)CSc1nc2ccc(Cl)cc2[nH]1. The number of primary amides is 1. The van der Waals surface area contributed by atoms with E-state index in [-0.39, 0.29) is 11.7 Å². The summed E-state index contributed by atoms with van der Waals surface area (Å²) in [5.74, 6) is -0.647. The summed E-state index contributed by atoms with van der Waals surface area (Å²) in [6.45, 7) is 0. The summed E-state index contributed by atoms with van der Waals surface area (Å²) in [7, 11) is 0. The highest BCUT2D eigenvalue weighted by atomic mass is 35.5. The number of rotatable bonds is 5. The van der Waals surface area contributed by atoms with Gasteiger partial charge < -0.3 is 16.0 Å². The van der Waals surface area contributed by atoms with Gasteiger partial charge in [-0.05, 0) is 29.6 Å². The molecule has 0 saturated carbocycles. The molecule has 0 atom stereocenters. The fraction of sp³-hybridized carbons (Fsp3) is 0.0714. The molecule has 6 nitrogen and oxygen atoms in total. The second-order valence-electron chi connectivity index (χ2n) is 4.57. The van der Waals surface area contributed by atoms with Crippen LogP contribution in [0, 0.1) is 0 Å². The molecule has 118 valence electrons. The van der Waals surface area contributed by atoms with Crippen molar-refractivity contribution in [1.29, 1.82) is 0 Å². The Hall–Kier alpha value is -2.03. The van der Waals surface area contributed by atoms with Gasteiger partial charge in [0.05, 0.1) is 22.3 Å². The van der Waals surface area contributed by atoms with Crippen LogP contribution in [0.15, 0.2) is 34.8 Å². The molecule has 1 aromatic carbocycles. The molecule has 23 heavy (non-hydrogen) atoms. The molecule has 0 fully saturated rings. The summed E-state index contributed by atoms with van der Waals surface area (Å²) >= 11 is 8.44. The molecule has 3 aromatic rings. The van der Waals surface area contributed by atoms with Crippen LogP contribution in [0.3, 0.4) is 0 Å². The van der Waals surface area contributed by atoms with E-state index in [1.165, 1.54) is 23.1 Å². The monoisotopic (exact) mass is 366 g/mol. The van der Waals surface area contributed by atoms with Crippen molar-refractivity contribution in [3.63, 3.8) is 0 Å². The van der Waals surface area contributed by atoms with Crippen molar-refractivity contribution in [2.75, 3.05) is 11.1 Å². The van der Waals surface area contributed by atoms with Gasteiger partial charge in [0.15, 0.2) is 5.16 Å². The second-order valence-corrected chi connectivity index (χ2v) is 6.88. The van der Waals surface area contributed by atoms with Crippen LogP contribution in [0.5, 0.6) is 0 Å². The molecule has 0 unspecified atom stereocenters. The Morgan fingerprint density at radius 3 is 3.00 bits per heavy atom. The molecule has 0 saturated heterocycles. The van der Waals surface area contributed by atoms with Crippen molar-refractivity contribution in [3.8, 4) is 0 Å². The number of nitrogens with zero attached hydrogens (tertiary/aromatic N) is 1. The number of thiophene rings is 1. The minimum atomic E-state index is -0.566. The number of halogens is 1. The number of aromatic nitrogens is 2. The van der Waals surface area contributed by atoms with E-state index in [2.05, 4.69) is 15.3 Å². The first kappa shape index (κ1) is 15.9. The first-order valence-electron chi connectivity index (χ1n) is 6.48. The molecule has 0 aliphatic carbocycles. The summed E-state index contributed by atoms with van der Waals surface area (Å²) in [4.78, 5) is 30.7. The fourth-order valence-corrected chi connectivity index (χ4v) is 3.59. The summed E-state index contributed by atoms with van der Waals surface area (Å²) in [5.41, 5.74) is 7.15. The molecule has 0 bridgehead atoms. The van der Waals surface area contributed by atoms with Gasteiger partial charge in [0.2, 0.25) is 5.91 Å². The zero-order valence-electron chi connectivity index (χ0n) is 11.6. The number of H-pyrrole nitrogens is 1. The first-order chi connectivity index (χ1) is 11.0. The normalized spacial score (nSPS) is 10.8. The maximum atomic E-state index is 12.0. The van der Waals surface area contributed by atoms with E-state index in [1.54, 1.807) is 23.6 Å². The minimum absolute atomic E-state index is 0.156. The van der Waals surface area contributed by atoms with E-state index in [0.717, 1.165) is 11.0 Å². The fourth-order valence-electron chi connectivity index (χ4n) is 1.92. The topological polar surface area (TPSA) is 101 Å². The summed E-state index contributed by atoms with van der Waals surface area (Å²) in [6.07, 6.45) is 0. The Morgan fingerprint density at radius 1 is 1.39 bits per heavy atom. The first-order valence-corrected chi connectivity index (χ1v) is 8.72. The molecule has 0 aliphatic rings. The van der Waals surface area contributed by atoms with Gasteiger partial charge in [0.1, 0.15) is 5.00 Å². The van der Waals surface area contributed by atoms with Gasteiger partial charge in [-0.3, -0.25) is 9.59 Å². The lowest BCUT2D eigenvalue weighted by Gasteiger charge is -2.03. The quantitative estimate of drug-likeness (QED) is 0.604. The lowest BCUT2D eigenvalue weighted by atomic mass is 10.3. The number of carbonyl (C=O) groups excluding carboxylic acids is 2. The third kappa shape index (κ3) is 3.66. The number of carbonyl (C=O) groups is 2. The van der Waals surface area contributed by atoms with Gasteiger partial charge in [0, 0.05) is 5.02 Å². The van der Waals surface area contributed by atoms with Crippen LogP contribution in [0.4, 0.5) is 5.00 Å². The number of thioether (sulfide) groups is 1.